The maximum absolute atomic E-state index is 13.2. The molecule has 0 saturated heterocycles. The van der Waals surface area contributed by atoms with Crippen LogP contribution in [0.2, 0.25) is 0 Å². The van der Waals surface area contributed by atoms with E-state index < -0.39 is 0 Å². The highest BCUT2D eigenvalue weighted by molar-refractivity contribution is 6.13. The Kier molecular flexibility index (Phi) is 4.52. The minimum atomic E-state index is -0.270. The molecular weight excluding hydrogens is 376 g/mol. The van der Waals surface area contributed by atoms with Crippen molar-refractivity contribution in [3.05, 3.63) is 78.5 Å². The molecule has 0 unspecified atom stereocenters. The van der Waals surface area contributed by atoms with Crippen molar-refractivity contribution in [2.24, 2.45) is 5.92 Å². The van der Waals surface area contributed by atoms with Crippen LogP contribution in [0.4, 0.5) is 11.4 Å². The van der Waals surface area contributed by atoms with Gasteiger partial charge < -0.3 is 10.6 Å². The minimum Gasteiger partial charge on any atom is -0.325 e. The molecule has 30 heavy (non-hydrogen) atoms. The summed E-state index contributed by atoms with van der Waals surface area (Å²) in [5.74, 6) is -0.243. The van der Waals surface area contributed by atoms with Crippen LogP contribution in [-0.4, -0.2) is 22.0 Å². The van der Waals surface area contributed by atoms with Gasteiger partial charge in [-0.3, -0.25) is 14.7 Å². The zero-order chi connectivity index (χ0) is 20.5. The molecule has 5 rings (SSSR count). The second kappa shape index (κ2) is 7.48. The Morgan fingerprint density at radius 2 is 1.70 bits per heavy atom. The van der Waals surface area contributed by atoms with Gasteiger partial charge in [-0.25, -0.2) is 0 Å². The molecule has 1 aromatic heterocycles. The van der Waals surface area contributed by atoms with Crippen LogP contribution in [0.5, 0.6) is 0 Å². The number of aromatic amines is 1. The lowest BCUT2D eigenvalue weighted by Gasteiger charge is -2.14. The Morgan fingerprint density at radius 3 is 2.43 bits per heavy atom. The predicted octanol–water partition coefficient (Wildman–Crippen LogP) is 4.83. The summed E-state index contributed by atoms with van der Waals surface area (Å²) in [6.45, 7) is 0. The number of nitrogens with zero attached hydrogens (tertiary/aromatic N) is 1. The van der Waals surface area contributed by atoms with Crippen LogP contribution in [0.25, 0.3) is 22.0 Å². The van der Waals surface area contributed by atoms with E-state index in [1.54, 1.807) is 6.20 Å². The summed E-state index contributed by atoms with van der Waals surface area (Å²) in [6.07, 6.45) is 3.49. The van der Waals surface area contributed by atoms with Crippen LogP contribution < -0.4 is 10.6 Å². The fourth-order valence-electron chi connectivity index (χ4n) is 3.49. The van der Waals surface area contributed by atoms with Crippen LogP contribution in [-0.2, 0) is 4.79 Å². The van der Waals surface area contributed by atoms with Gasteiger partial charge in [0.05, 0.1) is 16.9 Å². The van der Waals surface area contributed by atoms with E-state index in [2.05, 4.69) is 20.8 Å². The molecule has 1 saturated carbocycles. The maximum Gasteiger partial charge on any atom is 0.257 e. The largest absolute Gasteiger partial charge is 0.325 e. The quantitative estimate of drug-likeness (QED) is 0.451. The molecule has 0 aliphatic heterocycles. The van der Waals surface area contributed by atoms with E-state index >= 15 is 0 Å². The molecule has 0 radical (unpaired) electrons. The lowest BCUT2D eigenvalue weighted by atomic mass is 10.0. The van der Waals surface area contributed by atoms with Crippen molar-refractivity contribution in [2.45, 2.75) is 12.8 Å². The second-order valence-electron chi connectivity index (χ2n) is 7.51. The van der Waals surface area contributed by atoms with Gasteiger partial charge in [-0.1, -0.05) is 36.4 Å². The first-order valence-electron chi connectivity index (χ1n) is 9.92. The Balaban J connectivity index is 1.47. The van der Waals surface area contributed by atoms with E-state index in [-0.39, 0.29) is 17.7 Å². The standard InChI is InChI=1S/C24H20N4O2/c29-23(15-8-9-15)27-22-14-17-5-2-1-4-16(17)13-20(22)24(30)26-19-7-3-6-18(12-19)21-10-11-25-28-21/h1-7,10-15H,8-9H2,(H,25,28)(H,26,30)(H,27,29). The molecule has 3 aromatic carbocycles. The summed E-state index contributed by atoms with van der Waals surface area (Å²) in [6, 6.07) is 20.9. The highest BCUT2D eigenvalue weighted by Crippen LogP contribution is 2.32. The van der Waals surface area contributed by atoms with Gasteiger partial charge in [0.15, 0.2) is 0 Å². The van der Waals surface area contributed by atoms with E-state index in [4.69, 9.17) is 0 Å². The fourth-order valence-corrected chi connectivity index (χ4v) is 3.49. The fraction of sp³-hybridized carbons (Fsp3) is 0.125. The number of hydrogen-bond donors (Lipinski definition) is 3. The number of anilines is 2. The summed E-state index contributed by atoms with van der Waals surface area (Å²) >= 11 is 0. The normalized spacial score (nSPS) is 13.2. The first kappa shape index (κ1) is 18.1. The topological polar surface area (TPSA) is 86.9 Å². The Hall–Kier alpha value is -3.93. The lowest BCUT2D eigenvalue weighted by Crippen LogP contribution is -2.19. The molecule has 1 heterocycles. The number of amides is 2. The number of aromatic nitrogens is 2. The van der Waals surface area contributed by atoms with Gasteiger partial charge in [-0.2, -0.15) is 5.10 Å². The van der Waals surface area contributed by atoms with Crippen molar-refractivity contribution in [1.82, 2.24) is 10.2 Å². The number of hydrogen-bond acceptors (Lipinski definition) is 3. The molecule has 1 aliphatic rings. The summed E-state index contributed by atoms with van der Waals surface area (Å²) in [5, 5.41) is 14.7. The predicted molar refractivity (Wildman–Crippen MR) is 117 cm³/mol. The highest BCUT2D eigenvalue weighted by Gasteiger charge is 2.30. The molecule has 4 aromatic rings. The minimum absolute atomic E-state index is 0.0272. The van der Waals surface area contributed by atoms with Crippen molar-refractivity contribution < 1.29 is 9.59 Å². The molecule has 0 atom stereocenters. The van der Waals surface area contributed by atoms with E-state index in [9.17, 15) is 9.59 Å². The van der Waals surface area contributed by atoms with Gasteiger partial charge in [0.25, 0.3) is 5.91 Å². The van der Waals surface area contributed by atoms with Gasteiger partial charge in [-0.05, 0) is 53.9 Å². The van der Waals surface area contributed by atoms with Crippen molar-refractivity contribution in [1.29, 1.82) is 0 Å². The van der Waals surface area contributed by atoms with Crippen molar-refractivity contribution in [3.8, 4) is 11.3 Å². The first-order chi connectivity index (χ1) is 14.7. The van der Waals surface area contributed by atoms with Crippen LogP contribution in [0.15, 0.2) is 72.9 Å². The smallest absolute Gasteiger partial charge is 0.257 e. The summed E-state index contributed by atoms with van der Waals surface area (Å²) in [7, 11) is 0. The number of carbonyl (C=O) groups excluding carboxylic acids is 2. The number of rotatable bonds is 5. The van der Waals surface area contributed by atoms with Crippen molar-refractivity contribution >= 4 is 34.0 Å². The first-order valence-corrected chi connectivity index (χ1v) is 9.92. The van der Waals surface area contributed by atoms with E-state index in [1.807, 2.05) is 66.7 Å². The van der Waals surface area contributed by atoms with Crippen LogP contribution in [0, 0.1) is 5.92 Å². The molecule has 3 N–H and O–H groups in total. The van der Waals surface area contributed by atoms with Gasteiger partial charge in [0.1, 0.15) is 0 Å². The molecule has 148 valence electrons. The summed E-state index contributed by atoms with van der Waals surface area (Å²) < 4.78 is 0. The maximum atomic E-state index is 13.2. The van der Waals surface area contributed by atoms with E-state index in [1.165, 1.54) is 0 Å². The van der Waals surface area contributed by atoms with Crippen LogP contribution in [0.1, 0.15) is 23.2 Å². The number of benzene rings is 3. The SMILES string of the molecule is O=C(Nc1cccc(-c2ccn[nH]2)c1)c1cc2ccccc2cc1NC(=O)C1CC1. The Morgan fingerprint density at radius 1 is 0.900 bits per heavy atom. The van der Waals surface area contributed by atoms with Crippen molar-refractivity contribution in [2.75, 3.05) is 10.6 Å². The lowest BCUT2D eigenvalue weighted by molar-refractivity contribution is -0.117. The molecule has 2 amide bonds. The number of carbonyl (C=O) groups is 2. The average molecular weight is 396 g/mol. The summed E-state index contributed by atoms with van der Waals surface area (Å²) in [4.78, 5) is 25.5. The van der Waals surface area contributed by atoms with Crippen molar-refractivity contribution in [3.63, 3.8) is 0 Å². The number of nitrogens with one attached hydrogen (secondary N) is 3. The number of fused-ring (bicyclic) bond motifs is 1. The van der Waals surface area contributed by atoms with Gasteiger partial charge in [0.2, 0.25) is 5.91 Å². The van der Waals surface area contributed by atoms with Gasteiger partial charge >= 0.3 is 0 Å². The third-order valence-electron chi connectivity index (χ3n) is 5.27. The molecule has 6 heteroatoms. The zero-order valence-corrected chi connectivity index (χ0v) is 16.2. The Bertz CT molecular complexity index is 1240. The molecule has 1 fully saturated rings. The highest BCUT2D eigenvalue weighted by atomic mass is 16.2. The third kappa shape index (κ3) is 3.67. The van der Waals surface area contributed by atoms with Crippen LogP contribution >= 0.6 is 0 Å². The monoisotopic (exact) mass is 396 g/mol. The number of H-pyrrole nitrogens is 1. The van der Waals surface area contributed by atoms with E-state index in [0.717, 1.165) is 34.9 Å². The summed E-state index contributed by atoms with van der Waals surface area (Å²) in [5.41, 5.74) is 3.43. The van der Waals surface area contributed by atoms with E-state index in [0.29, 0.717) is 16.9 Å². The average Bonchev–Trinajstić information content (AvgIpc) is 3.47. The molecular formula is C24H20N4O2. The molecule has 0 spiro atoms. The third-order valence-corrected chi connectivity index (χ3v) is 5.27. The molecule has 6 nitrogen and oxygen atoms in total. The van der Waals surface area contributed by atoms with Gasteiger partial charge in [0, 0.05) is 23.4 Å². The zero-order valence-electron chi connectivity index (χ0n) is 16.2. The molecule has 0 bridgehead atoms. The Labute approximate surface area is 173 Å². The van der Waals surface area contributed by atoms with Crippen LogP contribution in [0.3, 0.4) is 0 Å². The van der Waals surface area contributed by atoms with Gasteiger partial charge in [-0.15, -0.1) is 0 Å². The second-order valence-corrected chi connectivity index (χ2v) is 7.51. The molecule has 1 aliphatic carbocycles.